The number of hydrogen-bond acceptors (Lipinski definition) is 3. The van der Waals surface area contributed by atoms with Crippen LogP contribution in [0, 0.1) is 5.92 Å². The Balaban J connectivity index is 2.82. The van der Waals surface area contributed by atoms with Gasteiger partial charge in [0.1, 0.15) is 5.82 Å². The first-order valence-electron chi connectivity index (χ1n) is 6.92. The predicted octanol–water partition coefficient (Wildman–Crippen LogP) is 2.85. The smallest absolute Gasteiger partial charge is 0.128 e. The van der Waals surface area contributed by atoms with E-state index in [0.29, 0.717) is 0 Å². The summed E-state index contributed by atoms with van der Waals surface area (Å²) >= 11 is 0. The fraction of sp³-hybridized carbons (Fsp3) is 0.667. The molecule has 0 aliphatic carbocycles. The number of nitrogens with zero attached hydrogens (tertiary/aromatic N) is 2. The van der Waals surface area contributed by atoms with Gasteiger partial charge in [0.25, 0.3) is 0 Å². The van der Waals surface area contributed by atoms with Gasteiger partial charge in [0, 0.05) is 25.8 Å². The molecule has 0 amide bonds. The number of nitrogens with one attached hydrogen (secondary N) is 1. The highest BCUT2D eigenvalue weighted by atomic mass is 15.2. The summed E-state index contributed by atoms with van der Waals surface area (Å²) in [4.78, 5) is 6.97. The van der Waals surface area contributed by atoms with Crippen molar-refractivity contribution in [3.63, 3.8) is 0 Å². The molecule has 0 aliphatic rings. The fourth-order valence-corrected chi connectivity index (χ4v) is 1.88. The zero-order valence-electron chi connectivity index (χ0n) is 12.5. The zero-order chi connectivity index (χ0) is 13.5. The Bertz CT molecular complexity index is 361. The lowest BCUT2D eigenvalue weighted by atomic mass is 10.1. The van der Waals surface area contributed by atoms with E-state index in [1.54, 1.807) is 0 Å². The van der Waals surface area contributed by atoms with Gasteiger partial charge in [-0.15, -0.1) is 0 Å². The molecule has 1 aromatic rings. The third-order valence-corrected chi connectivity index (χ3v) is 3.10. The van der Waals surface area contributed by atoms with E-state index in [9.17, 15) is 0 Å². The van der Waals surface area contributed by atoms with E-state index >= 15 is 0 Å². The Morgan fingerprint density at radius 3 is 2.61 bits per heavy atom. The third-order valence-electron chi connectivity index (χ3n) is 3.10. The molecule has 102 valence electrons. The molecule has 0 radical (unpaired) electrons. The highest BCUT2D eigenvalue weighted by molar-refractivity contribution is 5.42. The van der Waals surface area contributed by atoms with Crippen LogP contribution in [0.1, 0.15) is 38.4 Å². The average Bonchev–Trinajstić information content (AvgIpc) is 2.35. The van der Waals surface area contributed by atoms with Crippen molar-refractivity contribution in [1.82, 2.24) is 10.3 Å². The highest BCUT2D eigenvalue weighted by Crippen LogP contribution is 2.16. The van der Waals surface area contributed by atoms with E-state index in [1.165, 1.54) is 17.7 Å². The first-order chi connectivity index (χ1) is 8.56. The van der Waals surface area contributed by atoms with Crippen LogP contribution in [0.2, 0.25) is 0 Å². The molecule has 0 spiro atoms. The minimum Gasteiger partial charge on any atom is -0.360 e. The van der Waals surface area contributed by atoms with Gasteiger partial charge in [-0.3, -0.25) is 0 Å². The third kappa shape index (κ3) is 4.65. The molecule has 3 nitrogen and oxygen atoms in total. The zero-order valence-corrected chi connectivity index (χ0v) is 12.5. The second-order valence-corrected chi connectivity index (χ2v) is 5.31. The van der Waals surface area contributed by atoms with Crippen molar-refractivity contribution in [3.8, 4) is 0 Å². The number of aromatic nitrogens is 1. The van der Waals surface area contributed by atoms with E-state index in [1.807, 2.05) is 7.05 Å². The van der Waals surface area contributed by atoms with Crippen molar-refractivity contribution >= 4 is 5.82 Å². The van der Waals surface area contributed by atoms with Gasteiger partial charge in [0.05, 0.1) is 0 Å². The molecule has 1 heterocycles. The van der Waals surface area contributed by atoms with Gasteiger partial charge < -0.3 is 10.2 Å². The number of pyridine rings is 1. The molecule has 0 fully saturated rings. The highest BCUT2D eigenvalue weighted by Gasteiger charge is 2.07. The van der Waals surface area contributed by atoms with Crippen LogP contribution in [0.5, 0.6) is 0 Å². The van der Waals surface area contributed by atoms with Crippen LogP contribution < -0.4 is 10.2 Å². The average molecular weight is 249 g/mol. The van der Waals surface area contributed by atoms with Crippen molar-refractivity contribution in [2.45, 2.75) is 40.2 Å². The molecule has 1 aromatic heterocycles. The van der Waals surface area contributed by atoms with Crippen LogP contribution in [0.25, 0.3) is 0 Å². The second-order valence-electron chi connectivity index (χ2n) is 5.31. The van der Waals surface area contributed by atoms with Crippen molar-refractivity contribution in [2.75, 3.05) is 25.5 Å². The van der Waals surface area contributed by atoms with Crippen molar-refractivity contribution in [2.24, 2.45) is 5.92 Å². The van der Waals surface area contributed by atoms with Crippen LogP contribution in [0.15, 0.2) is 12.1 Å². The van der Waals surface area contributed by atoms with Crippen LogP contribution in [0.4, 0.5) is 5.82 Å². The molecule has 18 heavy (non-hydrogen) atoms. The summed E-state index contributed by atoms with van der Waals surface area (Å²) in [6.07, 6.45) is 2.19. The molecule has 3 heteroatoms. The molecule has 1 N–H and O–H groups in total. The standard InChI is InChI=1S/C15H27N3/c1-6-14-9-13(11-16-4)10-15(17-14)18(5)8-7-12(2)3/h9-10,12,16H,6-8,11H2,1-5H3. The molecule has 0 bridgehead atoms. The summed E-state index contributed by atoms with van der Waals surface area (Å²) in [6, 6.07) is 4.38. The summed E-state index contributed by atoms with van der Waals surface area (Å²) in [5.41, 5.74) is 2.49. The van der Waals surface area contributed by atoms with Crippen molar-refractivity contribution in [3.05, 3.63) is 23.4 Å². The largest absolute Gasteiger partial charge is 0.360 e. The van der Waals surface area contributed by atoms with E-state index in [2.05, 4.69) is 50.2 Å². The van der Waals surface area contributed by atoms with Crippen LogP contribution in [-0.2, 0) is 13.0 Å². The molecule has 0 unspecified atom stereocenters. The predicted molar refractivity (Wildman–Crippen MR) is 79.1 cm³/mol. The minimum absolute atomic E-state index is 0.735. The summed E-state index contributed by atoms with van der Waals surface area (Å²) in [6.45, 7) is 8.65. The van der Waals surface area contributed by atoms with E-state index < -0.39 is 0 Å². The molecular formula is C15H27N3. The van der Waals surface area contributed by atoms with Gasteiger partial charge in [-0.05, 0) is 43.5 Å². The number of rotatable bonds is 7. The number of anilines is 1. The summed E-state index contributed by atoms with van der Waals surface area (Å²) in [5.74, 6) is 1.83. The van der Waals surface area contributed by atoms with Crippen LogP contribution in [-0.4, -0.2) is 25.6 Å². The molecule has 0 aliphatic heterocycles. The monoisotopic (exact) mass is 249 g/mol. The Kier molecular flexibility index (Phi) is 6.13. The van der Waals surface area contributed by atoms with Crippen LogP contribution >= 0.6 is 0 Å². The molecule has 0 saturated carbocycles. The Morgan fingerprint density at radius 2 is 2.06 bits per heavy atom. The SMILES string of the molecule is CCc1cc(CNC)cc(N(C)CCC(C)C)n1. The van der Waals surface area contributed by atoms with Crippen molar-refractivity contribution < 1.29 is 0 Å². The molecule has 0 saturated heterocycles. The minimum atomic E-state index is 0.735. The number of aryl methyl sites for hydroxylation is 1. The summed E-state index contributed by atoms with van der Waals surface area (Å²) < 4.78 is 0. The quantitative estimate of drug-likeness (QED) is 0.805. The molecule has 0 aromatic carbocycles. The van der Waals surface area contributed by atoms with Gasteiger partial charge in [-0.25, -0.2) is 4.98 Å². The Hall–Kier alpha value is -1.09. The first kappa shape index (κ1) is 15.0. The normalized spacial score (nSPS) is 11.0. The topological polar surface area (TPSA) is 28.2 Å². The maximum Gasteiger partial charge on any atom is 0.128 e. The van der Waals surface area contributed by atoms with Gasteiger partial charge in [-0.2, -0.15) is 0 Å². The van der Waals surface area contributed by atoms with Gasteiger partial charge in [-0.1, -0.05) is 20.8 Å². The van der Waals surface area contributed by atoms with Gasteiger partial charge >= 0.3 is 0 Å². The lowest BCUT2D eigenvalue weighted by molar-refractivity contribution is 0.583. The van der Waals surface area contributed by atoms with Crippen LogP contribution in [0.3, 0.4) is 0 Å². The molecular weight excluding hydrogens is 222 g/mol. The first-order valence-corrected chi connectivity index (χ1v) is 6.92. The van der Waals surface area contributed by atoms with Crippen molar-refractivity contribution in [1.29, 1.82) is 0 Å². The molecule has 0 atom stereocenters. The number of hydrogen-bond donors (Lipinski definition) is 1. The van der Waals surface area contributed by atoms with Gasteiger partial charge in [0.2, 0.25) is 0 Å². The lowest BCUT2D eigenvalue weighted by Crippen LogP contribution is -2.22. The maximum absolute atomic E-state index is 4.71. The fourth-order valence-electron chi connectivity index (χ4n) is 1.88. The summed E-state index contributed by atoms with van der Waals surface area (Å²) in [5, 5.41) is 3.21. The van der Waals surface area contributed by atoms with E-state index in [-0.39, 0.29) is 0 Å². The lowest BCUT2D eigenvalue weighted by Gasteiger charge is -2.21. The second kappa shape index (κ2) is 7.37. The summed E-state index contributed by atoms with van der Waals surface area (Å²) in [7, 11) is 4.11. The molecule has 1 rings (SSSR count). The Morgan fingerprint density at radius 1 is 1.33 bits per heavy atom. The maximum atomic E-state index is 4.71. The van der Waals surface area contributed by atoms with E-state index in [4.69, 9.17) is 4.98 Å². The van der Waals surface area contributed by atoms with E-state index in [0.717, 1.165) is 31.2 Å². The Labute approximate surface area is 112 Å². The van der Waals surface area contributed by atoms with Gasteiger partial charge in [0.15, 0.2) is 0 Å².